The summed E-state index contributed by atoms with van der Waals surface area (Å²) in [6, 6.07) is 3.12. The van der Waals surface area contributed by atoms with Crippen molar-refractivity contribution in [3.63, 3.8) is 0 Å². The number of carbonyl (C=O) groups is 2. The Bertz CT molecular complexity index is 416. The smallest absolute Gasteiger partial charge is 0.293 e. The van der Waals surface area contributed by atoms with Crippen LogP contribution in [0.5, 0.6) is 0 Å². The van der Waals surface area contributed by atoms with Gasteiger partial charge in [-0.2, -0.15) is 0 Å². The molecular formula is C12H17N3O3. The van der Waals surface area contributed by atoms with E-state index in [9.17, 15) is 9.59 Å². The summed E-state index contributed by atoms with van der Waals surface area (Å²) in [5.74, 6) is -0.211. The van der Waals surface area contributed by atoms with Crippen LogP contribution in [0.4, 0.5) is 0 Å². The number of rotatable bonds is 4. The molecular weight excluding hydrogens is 234 g/mol. The van der Waals surface area contributed by atoms with Gasteiger partial charge < -0.3 is 10.2 Å². The molecule has 1 fully saturated rings. The topological polar surface area (TPSA) is 88.6 Å². The van der Waals surface area contributed by atoms with Crippen molar-refractivity contribution in [1.29, 1.82) is 0 Å². The monoisotopic (exact) mass is 251 g/mol. The van der Waals surface area contributed by atoms with Gasteiger partial charge in [-0.05, 0) is 37.6 Å². The lowest BCUT2D eigenvalue weighted by Gasteiger charge is -2.14. The molecule has 98 valence electrons. The zero-order valence-corrected chi connectivity index (χ0v) is 10.1. The van der Waals surface area contributed by atoms with E-state index in [-0.39, 0.29) is 18.2 Å². The minimum absolute atomic E-state index is 0.143. The van der Waals surface area contributed by atoms with E-state index in [0.717, 1.165) is 19.5 Å². The van der Waals surface area contributed by atoms with Gasteiger partial charge in [0.05, 0.1) is 12.8 Å². The minimum atomic E-state index is -0.500. The van der Waals surface area contributed by atoms with Crippen LogP contribution in [0.1, 0.15) is 17.0 Å². The fourth-order valence-corrected chi connectivity index (χ4v) is 2.09. The van der Waals surface area contributed by atoms with Gasteiger partial charge in [0.15, 0.2) is 5.76 Å². The third kappa shape index (κ3) is 3.18. The normalized spacial score (nSPS) is 19.9. The number of nitrogens with zero attached hydrogens (tertiary/aromatic N) is 1. The van der Waals surface area contributed by atoms with E-state index in [1.54, 1.807) is 6.07 Å². The molecule has 0 radical (unpaired) electrons. The Kier molecular flexibility index (Phi) is 4.11. The fraction of sp³-hybridized carbons (Fsp3) is 0.500. The lowest BCUT2D eigenvalue weighted by molar-refractivity contribution is -0.121. The van der Waals surface area contributed by atoms with E-state index < -0.39 is 5.91 Å². The Balaban J connectivity index is 1.77. The van der Waals surface area contributed by atoms with Crippen molar-refractivity contribution in [2.45, 2.75) is 6.42 Å². The molecule has 2 amide bonds. The summed E-state index contributed by atoms with van der Waals surface area (Å²) in [6.07, 6.45) is 2.40. The van der Waals surface area contributed by atoms with Gasteiger partial charge in [-0.15, -0.1) is 0 Å². The molecule has 0 aromatic carbocycles. The standard InChI is InChI=1S/C12H17N3O3/c13-6-9-3-4-15(7-9)8-11(16)14-12(17)10-2-1-5-18-10/h1-2,5,9H,3-4,6-8,13H2,(H,14,16,17). The van der Waals surface area contributed by atoms with Crippen LogP contribution in [-0.2, 0) is 4.79 Å². The SMILES string of the molecule is NCC1CCN(CC(=O)NC(=O)c2ccco2)C1. The molecule has 1 aromatic heterocycles. The number of nitrogens with one attached hydrogen (secondary N) is 1. The summed E-state index contributed by atoms with van der Waals surface area (Å²) in [6.45, 7) is 2.54. The van der Waals surface area contributed by atoms with Crippen LogP contribution in [0.25, 0.3) is 0 Å². The van der Waals surface area contributed by atoms with Gasteiger partial charge in [0.1, 0.15) is 0 Å². The second-order valence-electron chi connectivity index (χ2n) is 4.48. The van der Waals surface area contributed by atoms with Crippen LogP contribution < -0.4 is 11.1 Å². The Morgan fingerprint density at radius 3 is 3.00 bits per heavy atom. The Morgan fingerprint density at radius 1 is 1.56 bits per heavy atom. The van der Waals surface area contributed by atoms with Crippen molar-refractivity contribution in [3.8, 4) is 0 Å². The van der Waals surface area contributed by atoms with Crippen LogP contribution in [-0.4, -0.2) is 42.9 Å². The Morgan fingerprint density at radius 2 is 2.39 bits per heavy atom. The maximum atomic E-state index is 11.7. The van der Waals surface area contributed by atoms with Crippen LogP contribution in [0.15, 0.2) is 22.8 Å². The molecule has 0 spiro atoms. The molecule has 1 aliphatic heterocycles. The first-order valence-corrected chi connectivity index (χ1v) is 5.99. The van der Waals surface area contributed by atoms with Gasteiger partial charge in [-0.3, -0.25) is 19.8 Å². The second-order valence-corrected chi connectivity index (χ2v) is 4.48. The van der Waals surface area contributed by atoms with Crippen molar-refractivity contribution in [2.75, 3.05) is 26.2 Å². The third-order valence-electron chi connectivity index (χ3n) is 3.07. The zero-order chi connectivity index (χ0) is 13.0. The number of likely N-dealkylation sites (tertiary alicyclic amines) is 1. The van der Waals surface area contributed by atoms with Crippen molar-refractivity contribution >= 4 is 11.8 Å². The highest BCUT2D eigenvalue weighted by Crippen LogP contribution is 2.13. The molecule has 1 aromatic rings. The van der Waals surface area contributed by atoms with E-state index in [1.165, 1.54) is 12.3 Å². The third-order valence-corrected chi connectivity index (χ3v) is 3.07. The summed E-state index contributed by atoms with van der Waals surface area (Å²) in [7, 11) is 0. The van der Waals surface area contributed by atoms with Gasteiger partial charge in [0.2, 0.25) is 5.91 Å². The number of nitrogens with two attached hydrogens (primary N) is 1. The predicted molar refractivity (Wildman–Crippen MR) is 64.8 cm³/mol. The predicted octanol–water partition coefficient (Wildman–Crippen LogP) is -0.183. The summed E-state index contributed by atoms with van der Waals surface area (Å²) in [5, 5.41) is 2.30. The summed E-state index contributed by atoms with van der Waals surface area (Å²) in [4.78, 5) is 25.2. The van der Waals surface area contributed by atoms with E-state index in [2.05, 4.69) is 5.32 Å². The number of imide groups is 1. The molecule has 18 heavy (non-hydrogen) atoms. The van der Waals surface area contributed by atoms with Crippen molar-refractivity contribution in [3.05, 3.63) is 24.2 Å². The minimum Gasteiger partial charge on any atom is -0.459 e. The molecule has 0 saturated carbocycles. The molecule has 1 aliphatic rings. The van der Waals surface area contributed by atoms with Gasteiger partial charge in [0, 0.05) is 6.54 Å². The number of furan rings is 1. The number of amides is 2. The Labute approximate surface area is 105 Å². The molecule has 6 heteroatoms. The van der Waals surface area contributed by atoms with Gasteiger partial charge in [-0.1, -0.05) is 0 Å². The summed E-state index contributed by atoms with van der Waals surface area (Å²) in [5.41, 5.74) is 5.58. The van der Waals surface area contributed by atoms with Gasteiger partial charge >= 0.3 is 0 Å². The van der Waals surface area contributed by atoms with E-state index in [0.29, 0.717) is 12.5 Å². The molecule has 2 heterocycles. The van der Waals surface area contributed by atoms with Crippen LogP contribution in [0, 0.1) is 5.92 Å². The summed E-state index contributed by atoms with van der Waals surface area (Å²) >= 11 is 0. The first-order chi connectivity index (χ1) is 8.69. The molecule has 6 nitrogen and oxygen atoms in total. The van der Waals surface area contributed by atoms with Crippen LogP contribution in [0.3, 0.4) is 0 Å². The average molecular weight is 251 g/mol. The Hall–Kier alpha value is -1.66. The van der Waals surface area contributed by atoms with Crippen molar-refractivity contribution < 1.29 is 14.0 Å². The fourth-order valence-electron chi connectivity index (χ4n) is 2.09. The number of hydrogen-bond donors (Lipinski definition) is 2. The molecule has 0 aliphatic carbocycles. The molecule has 1 atom stereocenters. The van der Waals surface area contributed by atoms with Gasteiger partial charge in [-0.25, -0.2) is 0 Å². The van der Waals surface area contributed by atoms with E-state index in [1.807, 2.05) is 4.90 Å². The highest BCUT2D eigenvalue weighted by molar-refractivity contribution is 6.03. The lowest BCUT2D eigenvalue weighted by Crippen LogP contribution is -2.39. The first-order valence-electron chi connectivity index (χ1n) is 5.99. The molecule has 2 rings (SSSR count). The lowest BCUT2D eigenvalue weighted by atomic mass is 10.1. The van der Waals surface area contributed by atoms with E-state index in [4.69, 9.17) is 10.2 Å². The zero-order valence-electron chi connectivity index (χ0n) is 10.1. The maximum Gasteiger partial charge on any atom is 0.293 e. The van der Waals surface area contributed by atoms with Crippen molar-refractivity contribution in [1.82, 2.24) is 10.2 Å². The highest BCUT2D eigenvalue weighted by atomic mass is 16.3. The molecule has 3 N–H and O–H groups in total. The maximum absolute atomic E-state index is 11.7. The first kappa shape index (κ1) is 12.8. The van der Waals surface area contributed by atoms with Crippen LogP contribution in [0.2, 0.25) is 0 Å². The number of carbonyl (C=O) groups excluding carboxylic acids is 2. The van der Waals surface area contributed by atoms with Crippen LogP contribution >= 0.6 is 0 Å². The second kappa shape index (κ2) is 5.79. The largest absolute Gasteiger partial charge is 0.459 e. The molecule has 1 saturated heterocycles. The van der Waals surface area contributed by atoms with Gasteiger partial charge in [0.25, 0.3) is 5.91 Å². The quantitative estimate of drug-likeness (QED) is 0.774. The van der Waals surface area contributed by atoms with E-state index >= 15 is 0 Å². The molecule has 0 bridgehead atoms. The highest BCUT2D eigenvalue weighted by Gasteiger charge is 2.23. The number of hydrogen-bond acceptors (Lipinski definition) is 5. The molecule has 1 unspecified atom stereocenters. The van der Waals surface area contributed by atoms with Crippen molar-refractivity contribution in [2.24, 2.45) is 11.7 Å². The summed E-state index contributed by atoms with van der Waals surface area (Å²) < 4.78 is 4.91. The average Bonchev–Trinajstić information content (AvgIpc) is 2.98.